The zero-order chi connectivity index (χ0) is 13.2. The van der Waals surface area contributed by atoms with E-state index in [4.69, 9.17) is 10.3 Å². The Balaban J connectivity index is 2.52. The van der Waals surface area contributed by atoms with E-state index in [9.17, 15) is 4.79 Å². The molecule has 0 aliphatic heterocycles. The van der Waals surface area contributed by atoms with Crippen LogP contribution in [0.5, 0.6) is 0 Å². The van der Waals surface area contributed by atoms with Crippen LogP contribution in [0.3, 0.4) is 0 Å². The van der Waals surface area contributed by atoms with E-state index >= 15 is 0 Å². The Kier molecular flexibility index (Phi) is 7.22. The molecule has 0 saturated heterocycles. The zero-order valence-electron chi connectivity index (χ0n) is 11.0. The summed E-state index contributed by atoms with van der Waals surface area (Å²) in [6.45, 7) is 0.872. The first-order chi connectivity index (χ1) is 8.79. The van der Waals surface area contributed by atoms with Crippen molar-refractivity contribution in [1.82, 2.24) is 5.32 Å². The van der Waals surface area contributed by atoms with Crippen molar-refractivity contribution >= 4 is 5.97 Å². The summed E-state index contributed by atoms with van der Waals surface area (Å²) in [6, 6.07) is -0.262. The Morgan fingerprint density at radius 1 is 1.44 bits per heavy atom. The predicted octanol–water partition coefficient (Wildman–Crippen LogP) is 2.40. The third-order valence-corrected chi connectivity index (χ3v) is 3.47. The second kappa shape index (κ2) is 8.78. The molecule has 18 heavy (non-hydrogen) atoms. The highest BCUT2D eigenvalue weighted by Crippen LogP contribution is 2.26. The van der Waals surface area contributed by atoms with E-state index < -0.39 is 0 Å². The Labute approximate surface area is 108 Å². The summed E-state index contributed by atoms with van der Waals surface area (Å²) in [5, 5.41) is 6.62. The fourth-order valence-electron chi connectivity index (χ4n) is 2.53. The van der Waals surface area contributed by atoms with Gasteiger partial charge >= 0.3 is 5.97 Å². The van der Waals surface area contributed by atoms with Gasteiger partial charge in [0.2, 0.25) is 0 Å². The summed E-state index contributed by atoms with van der Waals surface area (Å²) in [5.74, 6) is 0.133. The zero-order valence-corrected chi connectivity index (χ0v) is 11.0. The normalized spacial score (nSPS) is 18.5. The molecule has 1 saturated carbocycles. The summed E-state index contributed by atoms with van der Waals surface area (Å²) in [4.78, 5) is 14.5. The molecule has 1 rings (SSSR count). The van der Waals surface area contributed by atoms with E-state index in [2.05, 4.69) is 15.3 Å². The van der Waals surface area contributed by atoms with Crippen LogP contribution in [-0.2, 0) is 9.53 Å². The first kappa shape index (κ1) is 14.8. The number of carbonyl (C=O) groups is 1. The molecule has 1 aliphatic rings. The number of hydrogen-bond acceptors (Lipinski definition) is 4. The van der Waals surface area contributed by atoms with E-state index in [1.165, 1.54) is 32.8 Å². The van der Waals surface area contributed by atoms with E-state index in [0.29, 0.717) is 19.0 Å². The van der Waals surface area contributed by atoms with Crippen LogP contribution >= 0.6 is 0 Å². The predicted molar refractivity (Wildman–Crippen MR) is 69.0 cm³/mol. The van der Waals surface area contributed by atoms with E-state index in [1.807, 2.05) is 0 Å². The number of carbonyl (C=O) groups excluding carboxylic acids is 1. The van der Waals surface area contributed by atoms with Gasteiger partial charge in [-0.3, -0.25) is 4.79 Å². The summed E-state index contributed by atoms with van der Waals surface area (Å²) in [7, 11) is 1.42. The minimum Gasteiger partial charge on any atom is -0.468 e. The lowest BCUT2D eigenvalue weighted by molar-refractivity contribution is -0.144. The molecular weight excluding hydrogens is 232 g/mol. The second-order valence-electron chi connectivity index (χ2n) is 4.66. The van der Waals surface area contributed by atoms with E-state index in [-0.39, 0.29) is 12.0 Å². The van der Waals surface area contributed by atoms with Crippen molar-refractivity contribution in [3.05, 3.63) is 10.4 Å². The summed E-state index contributed by atoms with van der Waals surface area (Å²) >= 11 is 0. The lowest BCUT2D eigenvalue weighted by Gasteiger charge is -2.24. The molecule has 0 aromatic heterocycles. The van der Waals surface area contributed by atoms with Gasteiger partial charge < -0.3 is 10.1 Å². The fourth-order valence-corrected chi connectivity index (χ4v) is 2.53. The number of rotatable bonds is 6. The Morgan fingerprint density at radius 2 is 2.11 bits per heavy atom. The molecule has 0 bridgehead atoms. The molecule has 1 atom stereocenters. The fraction of sp³-hybridized carbons (Fsp3) is 0.917. The van der Waals surface area contributed by atoms with Gasteiger partial charge in [-0.15, -0.1) is 0 Å². The highest BCUT2D eigenvalue weighted by Gasteiger charge is 2.28. The number of esters is 1. The molecular formula is C12H22N4O2. The van der Waals surface area contributed by atoms with Crippen LogP contribution in [-0.4, -0.2) is 32.2 Å². The number of ether oxygens (including phenoxy) is 1. The van der Waals surface area contributed by atoms with Crippen LogP contribution in [0.4, 0.5) is 0 Å². The smallest absolute Gasteiger partial charge is 0.323 e. The first-order valence-corrected chi connectivity index (χ1v) is 6.61. The molecule has 0 spiro atoms. The third kappa shape index (κ3) is 4.94. The third-order valence-electron chi connectivity index (χ3n) is 3.47. The highest BCUT2D eigenvalue weighted by molar-refractivity contribution is 5.76. The number of nitrogens with one attached hydrogen (secondary N) is 1. The topological polar surface area (TPSA) is 87.1 Å². The average molecular weight is 254 g/mol. The molecule has 1 aliphatic carbocycles. The molecule has 0 radical (unpaired) electrons. The lowest BCUT2D eigenvalue weighted by atomic mass is 9.92. The Hall–Kier alpha value is -1.26. The Morgan fingerprint density at radius 3 is 2.67 bits per heavy atom. The van der Waals surface area contributed by atoms with Crippen molar-refractivity contribution in [2.24, 2.45) is 11.0 Å². The van der Waals surface area contributed by atoms with Crippen molar-refractivity contribution in [2.45, 2.75) is 44.6 Å². The summed E-state index contributed by atoms with van der Waals surface area (Å²) < 4.78 is 4.86. The molecule has 0 heterocycles. The second-order valence-corrected chi connectivity index (χ2v) is 4.66. The standard InChI is InChI=1S/C12H22N4O2/c1-18-12(17)11(14-8-9-15-16-13)10-6-4-2-3-5-7-10/h10-11,14H,2-9H2,1H3. The first-order valence-electron chi connectivity index (χ1n) is 6.61. The summed E-state index contributed by atoms with van der Waals surface area (Å²) in [6.07, 6.45) is 6.99. The van der Waals surface area contributed by atoms with Gasteiger partial charge in [-0.25, -0.2) is 0 Å². The van der Waals surface area contributed by atoms with Crippen LogP contribution in [0.15, 0.2) is 5.11 Å². The maximum Gasteiger partial charge on any atom is 0.323 e. The van der Waals surface area contributed by atoms with Gasteiger partial charge in [0.1, 0.15) is 6.04 Å². The molecule has 6 heteroatoms. The van der Waals surface area contributed by atoms with Crippen molar-refractivity contribution in [3.8, 4) is 0 Å². The average Bonchev–Trinajstić information content (AvgIpc) is 2.67. The van der Waals surface area contributed by atoms with Crippen LogP contribution in [0.25, 0.3) is 10.4 Å². The molecule has 1 fully saturated rings. The van der Waals surface area contributed by atoms with Crippen molar-refractivity contribution in [3.63, 3.8) is 0 Å². The summed E-state index contributed by atoms with van der Waals surface area (Å²) in [5.41, 5.74) is 8.21. The Bertz CT molecular complexity index is 294. The van der Waals surface area contributed by atoms with E-state index in [1.54, 1.807) is 0 Å². The van der Waals surface area contributed by atoms with Gasteiger partial charge in [0.15, 0.2) is 0 Å². The van der Waals surface area contributed by atoms with Gasteiger partial charge in [0, 0.05) is 18.0 Å². The molecule has 0 amide bonds. The van der Waals surface area contributed by atoms with Crippen molar-refractivity contribution in [1.29, 1.82) is 0 Å². The SMILES string of the molecule is COC(=O)C(NCCN=[N+]=[N-])C1CCCCCC1. The lowest BCUT2D eigenvalue weighted by Crippen LogP contribution is -2.44. The van der Waals surface area contributed by atoms with Crippen LogP contribution in [0, 0.1) is 5.92 Å². The largest absolute Gasteiger partial charge is 0.468 e. The molecule has 0 aromatic rings. The van der Waals surface area contributed by atoms with Crippen LogP contribution < -0.4 is 5.32 Å². The molecule has 1 unspecified atom stereocenters. The van der Waals surface area contributed by atoms with E-state index in [0.717, 1.165) is 12.8 Å². The molecule has 6 nitrogen and oxygen atoms in total. The van der Waals surface area contributed by atoms with Gasteiger partial charge in [-0.05, 0) is 24.3 Å². The maximum atomic E-state index is 11.8. The molecule has 1 N–H and O–H groups in total. The van der Waals surface area contributed by atoms with Gasteiger partial charge in [0.05, 0.1) is 7.11 Å². The monoisotopic (exact) mass is 254 g/mol. The van der Waals surface area contributed by atoms with Gasteiger partial charge in [-0.2, -0.15) is 0 Å². The van der Waals surface area contributed by atoms with Crippen molar-refractivity contribution in [2.75, 3.05) is 20.2 Å². The maximum absolute atomic E-state index is 11.8. The minimum absolute atomic E-state index is 0.206. The van der Waals surface area contributed by atoms with Gasteiger partial charge in [-0.1, -0.05) is 30.8 Å². The van der Waals surface area contributed by atoms with Crippen molar-refractivity contribution < 1.29 is 9.53 Å². The molecule has 102 valence electrons. The minimum atomic E-state index is -0.262. The van der Waals surface area contributed by atoms with Gasteiger partial charge in [0.25, 0.3) is 0 Å². The number of hydrogen-bond donors (Lipinski definition) is 1. The number of azide groups is 1. The highest BCUT2D eigenvalue weighted by atomic mass is 16.5. The quantitative estimate of drug-likeness (QED) is 0.197. The number of nitrogens with zero attached hydrogens (tertiary/aromatic N) is 3. The van der Waals surface area contributed by atoms with Crippen LogP contribution in [0.2, 0.25) is 0 Å². The number of methoxy groups -OCH3 is 1. The molecule has 0 aromatic carbocycles. The van der Waals surface area contributed by atoms with Crippen LogP contribution in [0.1, 0.15) is 38.5 Å².